The molecule has 1 aliphatic heterocycles. The predicted molar refractivity (Wildman–Crippen MR) is 127 cm³/mol. The highest BCUT2D eigenvalue weighted by molar-refractivity contribution is 14.0. The number of amides is 1. The number of guanidine groups is 1. The predicted octanol–water partition coefficient (Wildman–Crippen LogP) is 3.77. The number of nitrogens with zero attached hydrogens (tertiary/aromatic N) is 2. The molecule has 1 saturated heterocycles. The minimum Gasteiger partial charge on any atom is -0.354 e. The number of rotatable bonds is 4. The molecule has 6 heteroatoms. The van der Waals surface area contributed by atoms with Crippen molar-refractivity contribution in [3.05, 3.63) is 48.0 Å². The van der Waals surface area contributed by atoms with Crippen LogP contribution in [0.3, 0.4) is 0 Å². The van der Waals surface area contributed by atoms with Gasteiger partial charge in [0.2, 0.25) is 5.91 Å². The summed E-state index contributed by atoms with van der Waals surface area (Å²) in [6.07, 6.45) is 1.90. The second-order valence-electron chi connectivity index (χ2n) is 7.46. The van der Waals surface area contributed by atoms with Crippen molar-refractivity contribution >= 4 is 46.6 Å². The fourth-order valence-electron chi connectivity index (χ4n) is 3.62. The summed E-state index contributed by atoms with van der Waals surface area (Å²) in [5.41, 5.74) is 1.26. The van der Waals surface area contributed by atoms with E-state index < -0.39 is 0 Å². The van der Waals surface area contributed by atoms with Crippen molar-refractivity contribution in [2.24, 2.45) is 10.9 Å². The second-order valence-corrected chi connectivity index (χ2v) is 7.46. The van der Waals surface area contributed by atoms with E-state index in [0.717, 1.165) is 38.4 Å². The molecule has 1 fully saturated rings. The number of carbonyl (C=O) groups excluding carboxylic acids is 1. The molecule has 3 rings (SSSR count). The van der Waals surface area contributed by atoms with Gasteiger partial charge >= 0.3 is 0 Å². The lowest BCUT2D eigenvalue weighted by atomic mass is 10.0. The van der Waals surface area contributed by atoms with E-state index in [0.29, 0.717) is 6.04 Å². The van der Waals surface area contributed by atoms with Crippen LogP contribution >= 0.6 is 24.0 Å². The zero-order valence-electron chi connectivity index (χ0n) is 16.9. The van der Waals surface area contributed by atoms with Gasteiger partial charge in [-0.2, -0.15) is 0 Å². The van der Waals surface area contributed by atoms with Gasteiger partial charge in [0, 0.05) is 38.6 Å². The Morgan fingerprint density at radius 2 is 1.82 bits per heavy atom. The minimum atomic E-state index is 0. The first-order chi connectivity index (χ1) is 13.1. The van der Waals surface area contributed by atoms with Crippen LogP contribution in [0.1, 0.15) is 32.3 Å². The Morgan fingerprint density at radius 3 is 2.50 bits per heavy atom. The van der Waals surface area contributed by atoms with Gasteiger partial charge in [0.1, 0.15) is 0 Å². The molecule has 0 bridgehead atoms. The van der Waals surface area contributed by atoms with Crippen molar-refractivity contribution in [2.45, 2.75) is 39.3 Å². The lowest BCUT2D eigenvalue weighted by Crippen LogP contribution is -2.50. The largest absolute Gasteiger partial charge is 0.354 e. The number of fused-ring (bicyclic) bond motifs is 1. The van der Waals surface area contributed by atoms with Crippen LogP contribution in [0.2, 0.25) is 0 Å². The summed E-state index contributed by atoms with van der Waals surface area (Å²) in [6.45, 7) is 6.28. The molecule has 2 aromatic rings. The summed E-state index contributed by atoms with van der Waals surface area (Å²) in [4.78, 5) is 18.5. The van der Waals surface area contributed by atoms with Gasteiger partial charge < -0.3 is 15.5 Å². The van der Waals surface area contributed by atoms with Crippen LogP contribution < -0.4 is 10.6 Å². The standard InChI is InChI=1S/C22H30N4O.HI/c1-16(2)21(27)26-13-11-19(12-14-26)25-22(23-3)24-15-18-9-6-8-17-7-4-5-10-20(17)18;/h4-10,16,19H,11-15H2,1-3H3,(H2,23,24,25);1H. The highest BCUT2D eigenvalue weighted by Gasteiger charge is 2.24. The van der Waals surface area contributed by atoms with Crippen molar-refractivity contribution in [3.63, 3.8) is 0 Å². The molecule has 2 N–H and O–H groups in total. The summed E-state index contributed by atoms with van der Waals surface area (Å²) in [7, 11) is 1.80. The topological polar surface area (TPSA) is 56.7 Å². The maximum absolute atomic E-state index is 12.1. The summed E-state index contributed by atoms with van der Waals surface area (Å²) in [6, 6.07) is 15.2. The van der Waals surface area contributed by atoms with Crippen molar-refractivity contribution in [1.82, 2.24) is 15.5 Å². The number of aliphatic imine (C=N–C) groups is 1. The van der Waals surface area contributed by atoms with Gasteiger partial charge in [0.15, 0.2) is 5.96 Å². The quantitative estimate of drug-likeness (QED) is 0.387. The molecule has 0 aromatic heterocycles. The number of hydrogen-bond donors (Lipinski definition) is 2. The van der Waals surface area contributed by atoms with E-state index in [1.165, 1.54) is 16.3 Å². The maximum Gasteiger partial charge on any atom is 0.225 e. The zero-order valence-corrected chi connectivity index (χ0v) is 19.3. The third-order valence-electron chi connectivity index (χ3n) is 5.19. The average Bonchev–Trinajstić information content (AvgIpc) is 2.71. The van der Waals surface area contributed by atoms with Crippen molar-refractivity contribution in [2.75, 3.05) is 20.1 Å². The van der Waals surface area contributed by atoms with Gasteiger partial charge in [-0.05, 0) is 29.2 Å². The fraction of sp³-hybridized carbons (Fsp3) is 0.455. The molecule has 1 aliphatic rings. The highest BCUT2D eigenvalue weighted by atomic mass is 127. The van der Waals surface area contributed by atoms with Gasteiger partial charge in [0.05, 0.1) is 0 Å². The normalized spacial score (nSPS) is 15.4. The Bertz CT molecular complexity index is 808. The van der Waals surface area contributed by atoms with Gasteiger partial charge in [-0.3, -0.25) is 9.79 Å². The summed E-state index contributed by atoms with van der Waals surface area (Å²) in [5, 5.41) is 9.47. The number of likely N-dealkylation sites (tertiary alicyclic amines) is 1. The van der Waals surface area contributed by atoms with Crippen LogP contribution in [0.5, 0.6) is 0 Å². The number of halogens is 1. The second kappa shape index (κ2) is 10.6. The molecule has 0 spiro atoms. The smallest absolute Gasteiger partial charge is 0.225 e. The molecule has 1 heterocycles. The molecule has 0 atom stereocenters. The SMILES string of the molecule is CN=C(NCc1cccc2ccccc12)NC1CCN(C(=O)C(C)C)CC1.I. The van der Waals surface area contributed by atoms with E-state index >= 15 is 0 Å². The first kappa shape index (κ1) is 22.5. The van der Waals surface area contributed by atoms with Crippen LogP contribution in [0.4, 0.5) is 0 Å². The average molecular weight is 494 g/mol. The summed E-state index contributed by atoms with van der Waals surface area (Å²) >= 11 is 0. The number of carbonyl (C=O) groups is 1. The van der Waals surface area contributed by atoms with Crippen LogP contribution in [-0.2, 0) is 11.3 Å². The highest BCUT2D eigenvalue weighted by Crippen LogP contribution is 2.18. The molecule has 0 radical (unpaired) electrons. The Kier molecular flexibility index (Phi) is 8.54. The van der Waals surface area contributed by atoms with E-state index in [9.17, 15) is 4.79 Å². The monoisotopic (exact) mass is 494 g/mol. The lowest BCUT2D eigenvalue weighted by molar-refractivity contribution is -0.135. The fourth-order valence-corrected chi connectivity index (χ4v) is 3.62. The molecule has 0 saturated carbocycles. The van der Waals surface area contributed by atoms with Gasteiger partial charge in [-0.1, -0.05) is 56.3 Å². The molecule has 1 amide bonds. The van der Waals surface area contributed by atoms with E-state index in [1.807, 2.05) is 18.7 Å². The van der Waals surface area contributed by atoms with Crippen molar-refractivity contribution in [1.29, 1.82) is 0 Å². The van der Waals surface area contributed by atoms with Crippen molar-refractivity contribution in [3.8, 4) is 0 Å². The molecule has 28 heavy (non-hydrogen) atoms. The van der Waals surface area contributed by atoms with Gasteiger partial charge in [0.25, 0.3) is 0 Å². The lowest BCUT2D eigenvalue weighted by Gasteiger charge is -2.34. The Balaban J connectivity index is 0.00000280. The molecule has 2 aromatic carbocycles. The third-order valence-corrected chi connectivity index (χ3v) is 5.19. The van der Waals surface area contributed by atoms with Gasteiger partial charge in [-0.25, -0.2) is 0 Å². The van der Waals surface area contributed by atoms with Crippen LogP contribution in [0.15, 0.2) is 47.5 Å². The first-order valence-corrected chi connectivity index (χ1v) is 9.81. The van der Waals surface area contributed by atoms with Crippen molar-refractivity contribution < 1.29 is 4.79 Å². The first-order valence-electron chi connectivity index (χ1n) is 9.81. The van der Waals surface area contributed by atoms with E-state index in [1.54, 1.807) is 7.05 Å². The van der Waals surface area contributed by atoms with E-state index in [-0.39, 0.29) is 35.8 Å². The van der Waals surface area contributed by atoms with Crippen LogP contribution in [0, 0.1) is 5.92 Å². The number of hydrogen-bond acceptors (Lipinski definition) is 2. The zero-order chi connectivity index (χ0) is 19.2. The Labute approximate surface area is 185 Å². The molecule has 152 valence electrons. The van der Waals surface area contributed by atoms with Crippen LogP contribution in [0.25, 0.3) is 10.8 Å². The Hall–Kier alpha value is -1.83. The van der Waals surface area contributed by atoms with Crippen LogP contribution in [-0.4, -0.2) is 42.9 Å². The molecular formula is C22H31IN4O. The molecule has 0 aliphatic carbocycles. The van der Waals surface area contributed by atoms with E-state index in [2.05, 4.69) is 58.1 Å². The Morgan fingerprint density at radius 1 is 1.14 bits per heavy atom. The summed E-state index contributed by atoms with van der Waals surface area (Å²) < 4.78 is 0. The molecule has 0 unspecified atom stereocenters. The third kappa shape index (κ3) is 5.59. The van der Waals surface area contributed by atoms with E-state index in [4.69, 9.17) is 0 Å². The maximum atomic E-state index is 12.1. The summed E-state index contributed by atoms with van der Waals surface area (Å²) in [5.74, 6) is 1.15. The number of piperidine rings is 1. The molecular weight excluding hydrogens is 463 g/mol. The number of benzene rings is 2. The van der Waals surface area contributed by atoms with Gasteiger partial charge in [-0.15, -0.1) is 24.0 Å². The molecule has 5 nitrogen and oxygen atoms in total. The minimum absolute atomic E-state index is 0. The number of nitrogens with one attached hydrogen (secondary N) is 2.